The molecule has 0 aromatic heterocycles. The van der Waals surface area contributed by atoms with Crippen LogP contribution in [0.1, 0.15) is 28.4 Å². The van der Waals surface area contributed by atoms with E-state index in [-0.39, 0.29) is 10.5 Å². The number of amides is 1. The number of esters is 1. The molecule has 6 nitrogen and oxygen atoms in total. The Labute approximate surface area is 153 Å². The van der Waals surface area contributed by atoms with Crippen LogP contribution in [0.25, 0.3) is 0 Å². The Morgan fingerprint density at radius 1 is 1.04 bits per heavy atom. The second-order valence-electron chi connectivity index (χ2n) is 6.15. The lowest BCUT2D eigenvalue weighted by Crippen LogP contribution is -2.30. The number of hydrogen-bond acceptors (Lipinski definition) is 5. The molecule has 1 N–H and O–H groups in total. The number of carbonyl (C=O) groups is 2. The molecular formula is C19H21NO5S. The zero-order valence-corrected chi connectivity index (χ0v) is 15.9. The zero-order valence-electron chi connectivity index (χ0n) is 15.1. The molecule has 0 aliphatic rings. The molecule has 1 amide bonds. The lowest BCUT2D eigenvalue weighted by molar-refractivity contribution is -0.123. The van der Waals surface area contributed by atoms with Gasteiger partial charge in [0.25, 0.3) is 5.91 Å². The van der Waals surface area contributed by atoms with Crippen molar-refractivity contribution in [2.75, 3.05) is 11.6 Å². The fraction of sp³-hybridized carbons (Fsp3) is 0.263. The smallest absolute Gasteiger partial charge is 0.338 e. The highest BCUT2D eigenvalue weighted by Crippen LogP contribution is 2.17. The number of benzene rings is 2. The SMILES string of the molecule is Cc1ccc(C)c(NC(=O)C(C)OC(=O)c2ccc(S(C)(=O)=O)cc2)c1. The maximum Gasteiger partial charge on any atom is 0.338 e. The number of anilines is 1. The molecular weight excluding hydrogens is 354 g/mol. The van der Waals surface area contributed by atoms with Gasteiger partial charge in [-0.2, -0.15) is 0 Å². The monoisotopic (exact) mass is 375 g/mol. The van der Waals surface area contributed by atoms with Crippen LogP contribution in [0.4, 0.5) is 5.69 Å². The van der Waals surface area contributed by atoms with E-state index in [0.29, 0.717) is 5.69 Å². The van der Waals surface area contributed by atoms with Crippen molar-refractivity contribution in [2.24, 2.45) is 0 Å². The van der Waals surface area contributed by atoms with Crippen molar-refractivity contribution in [2.45, 2.75) is 31.8 Å². The van der Waals surface area contributed by atoms with Gasteiger partial charge in [-0.15, -0.1) is 0 Å². The Kier molecular flexibility index (Phi) is 5.82. The van der Waals surface area contributed by atoms with Gasteiger partial charge in [-0.25, -0.2) is 13.2 Å². The molecule has 0 spiro atoms. The first-order valence-corrected chi connectivity index (χ1v) is 9.86. The molecule has 0 heterocycles. The normalized spacial score (nSPS) is 12.3. The maximum absolute atomic E-state index is 12.3. The van der Waals surface area contributed by atoms with E-state index in [9.17, 15) is 18.0 Å². The Morgan fingerprint density at radius 2 is 1.65 bits per heavy atom. The van der Waals surface area contributed by atoms with Crippen LogP contribution in [0, 0.1) is 13.8 Å². The third-order valence-corrected chi connectivity index (χ3v) is 4.95. The summed E-state index contributed by atoms with van der Waals surface area (Å²) in [6.07, 6.45) is 0.0806. The number of carbonyl (C=O) groups excluding carboxylic acids is 2. The first-order valence-electron chi connectivity index (χ1n) is 7.97. The summed E-state index contributed by atoms with van der Waals surface area (Å²) in [6, 6.07) is 11.0. The Bertz CT molecular complexity index is 933. The minimum absolute atomic E-state index is 0.106. The van der Waals surface area contributed by atoms with E-state index in [1.54, 1.807) is 0 Å². The molecule has 1 unspecified atom stereocenters. The molecule has 2 aromatic carbocycles. The van der Waals surface area contributed by atoms with Crippen molar-refractivity contribution >= 4 is 27.4 Å². The number of sulfone groups is 1. The Hall–Kier alpha value is -2.67. The van der Waals surface area contributed by atoms with E-state index in [4.69, 9.17) is 4.74 Å². The number of hydrogen-bond donors (Lipinski definition) is 1. The van der Waals surface area contributed by atoms with Crippen LogP contribution in [0.5, 0.6) is 0 Å². The minimum Gasteiger partial charge on any atom is -0.449 e. The molecule has 7 heteroatoms. The molecule has 2 aromatic rings. The largest absolute Gasteiger partial charge is 0.449 e. The summed E-state index contributed by atoms with van der Waals surface area (Å²) < 4.78 is 28.0. The lowest BCUT2D eigenvalue weighted by Gasteiger charge is -2.15. The number of ether oxygens (including phenoxy) is 1. The third-order valence-electron chi connectivity index (χ3n) is 3.82. The summed E-state index contributed by atoms with van der Waals surface area (Å²) in [4.78, 5) is 24.5. The number of aryl methyl sites for hydroxylation is 2. The van der Waals surface area contributed by atoms with Crippen LogP contribution < -0.4 is 5.32 Å². The van der Waals surface area contributed by atoms with Crippen LogP contribution in [0.2, 0.25) is 0 Å². The molecule has 0 radical (unpaired) electrons. The summed E-state index contributed by atoms with van der Waals surface area (Å²) in [7, 11) is -3.34. The average Bonchev–Trinajstić information content (AvgIpc) is 2.57. The van der Waals surface area contributed by atoms with Crippen LogP contribution in [0.3, 0.4) is 0 Å². The minimum atomic E-state index is -3.34. The van der Waals surface area contributed by atoms with E-state index in [2.05, 4.69) is 5.32 Å². The highest BCUT2D eigenvalue weighted by molar-refractivity contribution is 7.90. The second-order valence-corrected chi connectivity index (χ2v) is 8.17. The molecule has 0 saturated heterocycles. The van der Waals surface area contributed by atoms with Gasteiger partial charge in [-0.05, 0) is 62.2 Å². The molecule has 0 aliphatic heterocycles. The predicted octanol–water partition coefficient (Wildman–Crippen LogP) is 2.89. The van der Waals surface area contributed by atoms with Crippen molar-refractivity contribution in [3.8, 4) is 0 Å². The molecule has 0 aliphatic carbocycles. The Balaban J connectivity index is 2.04. The van der Waals surface area contributed by atoms with Crippen molar-refractivity contribution in [3.63, 3.8) is 0 Å². The van der Waals surface area contributed by atoms with Crippen LogP contribution in [-0.2, 0) is 19.4 Å². The van der Waals surface area contributed by atoms with Gasteiger partial charge in [-0.1, -0.05) is 12.1 Å². The molecule has 0 bridgehead atoms. The maximum atomic E-state index is 12.3. The van der Waals surface area contributed by atoms with E-state index in [0.717, 1.165) is 17.4 Å². The van der Waals surface area contributed by atoms with Crippen LogP contribution >= 0.6 is 0 Å². The summed E-state index contributed by atoms with van der Waals surface area (Å²) in [5.74, 6) is -1.14. The second kappa shape index (κ2) is 7.70. The zero-order chi connectivity index (χ0) is 19.5. The highest BCUT2D eigenvalue weighted by Gasteiger charge is 2.20. The molecule has 0 fully saturated rings. The fourth-order valence-corrected chi connectivity index (χ4v) is 2.86. The topological polar surface area (TPSA) is 89.5 Å². The summed E-state index contributed by atoms with van der Waals surface area (Å²) >= 11 is 0. The van der Waals surface area contributed by atoms with E-state index in [1.165, 1.54) is 31.2 Å². The van der Waals surface area contributed by atoms with Gasteiger partial charge in [0.15, 0.2) is 15.9 Å². The molecule has 2 rings (SSSR count). The van der Waals surface area contributed by atoms with Gasteiger partial charge in [0.05, 0.1) is 10.5 Å². The Morgan fingerprint density at radius 3 is 2.23 bits per heavy atom. The quantitative estimate of drug-likeness (QED) is 0.812. The predicted molar refractivity (Wildman–Crippen MR) is 99.0 cm³/mol. The molecule has 138 valence electrons. The number of nitrogens with one attached hydrogen (secondary N) is 1. The van der Waals surface area contributed by atoms with Gasteiger partial charge in [0, 0.05) is 11.9 Å². The first kappa shape index (κ1) is 19.7. The average molecular weight is 375 g/mol. The fourth-order valence-electron chi connectivity index (χ4n) is 2.23. The summed E-state index contributed by atoms with van der Waals surface area (Å²) in [6.45, 7) is 5.26. The lowest BCUT2D eigenvalue weighted by atomic mass is 10.1. The van der Waals surface area contributed by atoms with Crippen molar-refractivity contribution < 1.29 is 22.7 Å². The van der Waals surface area contributed by atoms with Gasteiger partial charge in [0.1, 0.15) is 0 Å². The van der Waals surface area contributed by atoms with Gasteiger partial charge < -0.3 is 10.1 Å². The van der Waals surface area contributed by atoms with Crippen molar-refractivity contribution in [3.05, 3.63) is 59.2 Å². The summed E-state index contributed by atoms with van der Waals surface area (Å²) in [5.41, 5.74) is 2.74. The molecule has 26 heavy (non-hydrogen) atoms. The van der Waals surface area contributed by atoms with Gasteiger partial charge >= 0.3 is 5.97 Å². The van der Waals surface area contributed by atoms with E-state index >= 15 is 0 Å². The standard InChI is InChI=1S/C19H21NO5S/c1-12-5-6-13(2)17(11-12)20-18(21)14(3)25-19(22)15-7-9-16(10-8-15)26(4,23)24/h5-11,14H,1-4H3,(H,20,21). The molecule has 1 atom stereocenters. The van der Waals surface area contributed by atoms with Crippen molar-refractivity contribution in [1.82, 2.24) is 0 Å². The van der Waals surface area contributed by atoms with E-state index in [1.807, 2.05) is 32.0 Å². The third kappa shape index (κ3) is 4.92. The highest BCUT2D eigenvalue weighted by atomic mass is 32.2. The number of rotatable bonds is 5. The van der Waals surface area contributed by atoms with Crippen LogP contribution in [-0.4, -0.2) is 32.7 Å². The van der Waals surface area contributed by atoms with Crippen LogP contribution in [0.15, 0.2) is 47.4 Å². The van der Waals surface area contributed by atoms with Gasteiger partial charge in [-0.3, -0.25) is 4.79 Å². The van der Waals surface area contributed by atoms with Crippen molar-refractivity contribution in [1.29, 1.82) is 0 Å². The van der Waals surface area contributed by atoms with E-state index < -0.39 is 27.8 Å². The first-order chi connectivity index (χ1) is 12.1. The van der Waals surface area contributed by atoms with Gasteiger partial charge in [0.2, 0.25) is 0 Å². The molecule has 0 saturated carbocycles. The summed E-state index contributed by atoms with van der Waals surface area (Å²) in [5, 5.41) is 2.74.